The van der Waals surface area contributed by atoms with Gasteiger partial charge in [-0.2, -0.15) is 0 Å². The lowest BCUT2D eigenvalue weighted by molar-refractivity contribution is -0.0624. The van der Waals surface area contributed by atoms with Crippen molar-refractivity contribution in [2.45, 2.75) is 96.6 Å². The maximum absolute atomic E-state index is 10.6. The summed E-state index contributed by atoms with van der Waals surface area (Å²) >= 11 is 0. The molecular weight excluding hydrogens is 288 g/mol. The van der Waals surface area contributed by atoms with Crippen LogP contribution in [0.1, 0.15) is 73.1 Å². The van der Waals surface area contributed by atoms with Crippen molar-refractivity contribution in [3.8, 4) is 0 Å². The molecule has 1 fully saturated rings. The quantitative estimate of drug-likeness (QED) is 0.563. The molecule has 4 unspecified atom stereocenters. The van der Waals surface area contributed by atoms with Crippen LogP contribution in [0.15, 0.2) is 23.3 Å². The summed E-state index contributed by atoms with van der Waals surface area (Å²) in [5.41, 5.74) is 1.56. The van der Waals surface area contributed by atoms with Crippen molar-refractivity contribution in [1.29, 1.82) is 0 Å². The zero-order valence-electron chi connectivity index (χ0n) is 15.4. The average Bonchev–Trinajstić information content (AvgIpc) is 3.09. The molecule has 0 spiro atoms. The van der Waals surface area contributed by atoms with Crippen molar-refractivity contribution in [1.82, 2.24) is 0 Å². The fraction of sp³-hybridized carbons (Fsp3) is 0.800. The first-order valence-electron chi connectivity index (χ1n) is 9.07. The number of ether oxygens (including phenoxy) is 1. The highest BCUT2D eigenvalue weighted by molar-refractivity contribution is 5.15. The van der Waals surface area contributed by atoms with Crippen molar-refractivity contribution in [3.05, 3.63) is 23.3 Å². The smallest absolute Gasteiger partial charge is 0.0926 e. The number of allylic oxidation sites excluding steroid dienone is 2. The van der Waals surface area contributed by atoms with Crippen LogP contribution in [0.25, 0.3) is 0 Å². The second-order valence-electron chi connectivity index (χ2n) is 8.26. The topological polar surface area (TPSA) is 53.0 Å². The van der Waals surface area contributed by atoms with E-state index < -0.39 is 11.7 Å². The molecule has 23 heavy (non-hydrogen) atoms. The molecule has 132 valence electrons. The fourth-order valence-corrected chi connectivity index (χ4v) is 3.39. The number of fused-ring (bicyclic) bond motifs is 1. The van der Waals surface area contributed by atoms with Crippen LogP contribution in [0.3, 0.4) is 0 Å². The van der Waals surface area contributed by atoms with Gasteiger partial charge >= 0.3 is 0 Å². The number of aliphatic hydroxyl groups is 2. The standard InChI is InChI=1S/C20H34O3/c1-14(2)16-10-12-19(4,22)17(21)9-8-15(3)7-6-11-20(5)18(13-16)23-20/h7,10,14,17-18,21-22H,6,8-9,11-13H2,1-5H3/b15-7+,16-10-. The van der Waals surface area contributed by atoms with E-state index in [4.69, 9.17) is 4.74 Å². The first kappa shape index (κ1) is 18.7. The van der Waals surface area contributed by atoms with Crippen LogP contribution in [-0.2, 0) is 4.74 Å². The molecule has 1 aliphatic carbocycles. The summed E-state index contributed by atoms with van der Waals surface area (Å²) in [5.74, 6) is 0.437. The predicted molar refractivity (Wildman–Crippen MR) is 94.3 cm³/mol. The summed E-state index contributed by atoms with van der Waals surface area (Å²) in [5, 5.41) is 21.0. The molecule has 4 atom stereocenters. The molecular formula is C20H34O3. The van der Waals surface area contributed by atoms with Crippen molar-refractivity contribution >= 4 is 0 Å². The second-order valence-corrected chi connectivity index (χ2v) is 8.26. The Balaban J connectivity index is 2.17. The Labute approximate surface area is 141 Å². The summed E-state index contributed by atoms with van der Waals surface area (Å²) in [4.78, 5) is 0. The first-order valence-corrected chi connectivity index (χ1v) is 9.07. The predicted octanol–water partition coefficient (Wildman–Crippen LogP) is 4.14. The van der Waals surface area contributed by atoms with E-state index in [1.165, 1.54) is 11.1 Å². The molecule has 1 heterocycles. The normalized spacial score (nSPS) is 44.5. The summed E-state index contributed by atoms with van der Waals surface area (Å²) in [6, 6.07) is 0. The van der Waals surface area contributed by atoms with E-state index in [9.17, 15) is 10.2 Å². The van der Waals surface area contributed by atoms with Gasteiger partial charge in [0.15, 0.2) is 0 Å². The third-order valence-corrected chi connectivity index (χ3v) is 5.64. The van der Waals surface area contributed by atoms with E-state index in [1.54, 1.807) is 6.92 Å². The van der Waals surface area contributed by atoms with Crippen LogP contribution in [-0.4, -0.2) is 33.6 Å². The zero-order valence-corrected chi connectivity index (χ0v) is 15.4. The number of hydrogen-bond acceptors (Lipinski definition) is 3. The van der Waals surface area contributed by atoms with Gasteiger partial charge in [-0.1, -0.05) is 37.1 Å². The minimum atomic E-state index is -1.07. The molecule has 1 aliphatic heterocycles. The SMILES string of the molecule is C/C1=C\CCC2(C)OC2C/C(C(C)C)=C/CC(C)(O)C(O)CC1. The van der Waals surface area contributed by atoms with Gasteiger partial charge in [0.25, 0.3) is 0 Å². The first-order chi connectivity index (χ1) is 10.6. The lowest BCUT2D eigenvalue weighted by Gasteiger charge is -2.29. The Morgan fingerprint density at radius 2 is 1.96 bits per heavy atom. The van der Waals surface area contributed by atoms with E-state index >= 15 is 0 Å². The molecule has 0 aromatic carbocycles. The second kappa shape index (κ2) is 7.08. The Hall–Kier alpha value is -0.640. The van der Waals surface area contributed by atoms with Crippen molar-refractivity contribution < 1.29 is 14.9 Å². The van der Waals surface area contributed by atoms with E-state index in [-0.39, 0.29) is 5.60 Å². The van der Waals surface area contributed by atoms with E-state index in [2.05, 4.69) is 39.8 Å². The minimum absolute atomic E-state index is 0.0108. The molecule has 0 aromatic heterocycles. The number of aliphatic hydroxyl groups excluding tert-OH is 1. The maximum Gasteiger partial charge on any atom is 0.0926 e. The fourth-order valence-electron chi connectivity index (χ4n) is 3.39. The van der Waals surface area contributed by atoms with Crippen molar-refractivity contribution in [3.63, 3.8) is 0 Å². The summed E-state index contributed by atoms with van der Waals surface area (Å²) in [6.45, 7) is 10.4. The van der Waals surface area contributed by atoms with Gasteiger partial charge in [-0.25, -0.2) is 0 Å². The van der Waals surface area contributed by atoms with Gasteiger partial charge < -0.3 is 14.9 Å². The van der Waals surface area contributed by atoms with Crippen LogP contribution in [0, 0.1) is 5.92 Å². The third-order valence-electron chi connectivity index (χ3n) is 5.64. The Morgan fingerprint density at radius 1 is 1.26 bits per heavy atom. The minimum Gasteiger partial charge on any atom is -0.390 e. The summed E-state index contributed by atoms with van der Waals surface area (Å²) in [6.07, 6.45) is 8.93. The lowest BCUT2D eigenvalue weighted by Crippen LogP contribution is -2.38. The van der Waals surface area contributed by atoms with Crippen LogP contribution in [0.5, 0.6) is 0 Å². The van der Waals surface area contributed by atoms with Crippen LogP contribution >= 0.6 is 0 Å². The lowest BCUT2D eigenvalue weighted by atomic mass is 9.86. The highest BCUT2D eigenvalue weighted by Crippen LogP contribution is 2.45. The van der Waals surface area contributed by atoms with Gasteiger partial charge in [0.2, 0.25) is 0 Å². The molecule has 2 rings (SSSR count). The van der Waals surface area contributed by atoms with Crippen LogP contribution in [0.2, 0.25) is 0 Å². The van der Waals surface area contributed by atoms with E-state index in [0.717, 1.165) is 25.7 Å². The number of rotatable bonds is 1. The highest BCUT2D eigenvalue weighted by atomic mass is 16.6. The summed E-state index contributed by atoms with van der Waals surface area (Å²) < 4.78 is 5.99. The van der Waals surface area contributed by atoms with Crippen LogP contribution in [0.4, 0.5) is 0 Å². The Kier molecular flexibility index (Phi) is 5.76. The monoisotopic (exact) mass is 322 g/mol. The third kappa shape index (κ3) is 4.91. The van der Waals surface area contributed by atoms with E-state index in [1.807, 2.05) is 0 Å². The van der Waals surface area contributed by atoms with E-state index in [0.29, 0.717) is 24.9 Å². The maximum atomic E-state index is 10.6. The average molecular weight is 322 g/mol. The van der Waals surface area contributed by atoms with Gasteiger partial charge in [-0.05, 0) is 65.2 Å². The molecule has 2 N–H and O–H groups in total. The van der Waals surface area contributed by atoms with Gasteiger partial charge in [-0.15, -0.1) is 0 Å². The van der Waals surface area contributed by atoms with Gasteiger partial charge in [0.1, 0.15) is 0 Å². The molecule has 0 bridgehead atoms. The Bertz CT molecular complexity index is 475. The van der Waals surface area contributed by atoms with Gasteiger partial charge in [-0.3, -0.25) is 0 Å². The van der Waals surface area contributed by atoms with Gasteiger partial charge in [0, 0.05) is 0 Å². The molecule has 0 saturated carbocycles. The van der Waals surface area contributed by atoms with Crippen LogP contribution < -0.4 is 0 Å². The largest absolute Gasteiger partial charge is 0.390 e. The van der Waals surface area contributed by atoms with Gasteiger partial charge in [0.05, 0.1) is 23.4 Å². The Morgan fingerprint density at radius 3 is 2.61 bits per heavy atom. The molecule has 2 aliphatic rings. The number of epoxide rings is 1. The zero-order chi connectivity index (χ0) is 17.3. The van der Waals surface area contributed by atoms with Crippen molar-refractivity contribution in [2.24, 2.45) is 5.92 Å². The molecule has 1 saturated heterocycles. The molecule has 0 aromatic rings. The molecule has 3 heteroatoms. The highest BCUT2D eigenvalue weighted by Gasteiger charge is 2.51. The molecule has 0 amide bonds. The number of hydrogen-bond donors (Lipinski definition) is 2. The molecule has 0 radical (unpaired) electrons. The summed E-state index contributed by atoms with van der Waals surface area (Å²) in [7, 11) is 0. The van der Waals surface area contributed by atoms with Crippen molar-refractivity contribution in [2.75, 3.05) is 0 Å². The molecule has 3 nitrogen and oxygen atoms in total.